The molecule has 5 heteroatoms. The largest absolute Gasteiger partial charge is 0.441 e. The predicted octanol–water partition coefficient (Wildman–Crippen LogP) is 3.53. The highest BCUT2D eigenvalue weighted by molar-refractivity contribution is 6.04. The number of benzene rings is 2. The Morgan fingerprint density at radius 3 is 2.70 bits per heavy atom. The maximum atomic E-state index is 12.8. The first kappa shape index (κ1) is 12.3. The average Bonchev–Trinajstić information content (AvgIpc) is 2.78. The van der Waals surface area contributed by atoms with Crippen LogP contribution in [-0.2, 0) is 0 Å². The first-order chi connectivity index (χ1) is 9.61. The topological polar surface area (TPSA) is 55.1 Å². The summed E-state index contributed by atoms with van der Waals surface area (Å²) in [4.78, 5) is 16.2. The fourth-order valence-corrected chi connectivity index (χ4v) is 1.92. The van der Waals surface area contributed by atoms with Gasteiger partial charge in [0.1, 0.15) is 11.3 Å². The van der Waals surface area contributed by atoms with Gasteiger partial charge >= 0.3 is 0 Å². The fourth-order valence-electron chi connectivity index (χ4n) is 1.92. The molecule has 0 aliphatic carbocycles. The molecular weight excluding hydrogens is 259 g/mol. The van der Waals surface area contributed by atoms with E-state index in [1.807, 2.05) is 0 Å². The quantitative estimate of drug-likeness (QED) is 0.775. The Hall–Kier alpha value is -2.69. The summed E-state index contributed by atoms with van der Waals surface area (Å²) in [6.07, 6.45) is 0. The highest BCUT2D eigenvalue weighted by Gasteiger charge is 2.08. The Balaban J connectivity index is 1.84. The zero-order chi connectivity index (χ0) is 14.1. The number of aryl methyl sites for hydroxylation is 1. The third-order valence-corrected chi connectivity index (χ3v) is 2.86. The minimum Gasteiger partial charge on any atom is -0.441 e. The van der Waals surface area contributed by atoms with Crippen molar-refractivity contribution in [2.75, 3.05) is 5.32 Å². The molecule has 3 rings (SSSR count). The molecule has 20 heavy (non-hydrogen) atoms. The van der Waals surface area contributed by atoms with Gasteiger partial charge in [0.05, 0.1) is 0 Å². The van der Waals surface area contributed by atoms with Crippen molar-refractivity contribution < 1.29 is 13.6 Å². The van der Waals surface area contributed by atoms with Gasteiger partial charge in [-0.15, -0.1) is 0 Å². The lowest BCUT2D eigenvalue weighted by Gasteiger charge is -2.04. The summed E-state index contributed by atoms with van der Waals surface area (Å²) in [5.74, 6) is -0.109. The Morgan fingerprint density at radius 2 is 1.95 bits per heavy atom. The number of hydrogen-bond acceptors (Lipinski definition) is 3. The number of rotatable bonds is 2. The van der Waals surface area contributed by atoms with Gasteiger partial charge in [-0.1, -0.05) is 0 Å². The van der Waals surface area contributed by atoms with Crippen LogP contribution in [0.5, 0.6) is 0 Å². The lowest BCUT2D eigenvalue weighted by molar-refractivity contribution is 0.102. The van der Waals surface area contributed by atoms with E-state index in [4.69, 9.17) is 4.42 Å². The van der Waals surface area contributed by atoms with Gasteiger partial charge in [-0.2, -0.15) is 0 Å². The molecule has 1 amide bonds. The van der Waals surface area contributed by atoms with E-state index in [-0.39, 0.29) is 11.7 Å². The van der Waals surface area contributed by atoms with Crippen LogP contribution in [0.4, 0.5) is 10.1 Å². The molecule has 0 atom stereocenters. The van der Waals surface area contributed by atoms with Gasteiger partial charge in [-0.3, -0.25) is 4.79 Å². The van der Waals surface area contributed by atoms with Gasteiger partial charge in [0, 0.05) is 24.2 Å². The number of hydrogen-bond donors (Lipinski definition) is 1. The van der Waals surface area contributed by atoms with Crippen molar-refractivity contribution >= 4 is 22.7 Å². The van der Waals surface area contributed by atoms with E-state index in [0.29, 0.717) is 22.7 Å². The van der Waals surface area contributed by atoms with Gasteiger partial charge in [-0.05, 0) is 36.4 Å². The number of carbonyl (C=O) groups is 1. The molecule has 100 valence electrons. The van der Waals surface area contributed by atoms with E-state index in [1.165, 1.54) is 24.3 Å². The van der Waals surface area contributed by atoms with Crippen molar-refractivity contribution in [2.24, 2.45) is 0 Å². The molecule has 0 radical (unpaired) electrons. The molecule has 0 aliphatic heterocycles. The highest BCUT2D eigenvalue weighted by Crippen LogP contribution is 2.20. The van der Waals surface area contributed by atoms with Crippen LogP contribution in [0.25, 0.3) is 11.1 Å². The van der Waals surface area contributed by atoms with E-state index < -0.39 is 0 Å². The molecule has 3 aromatic rings. The monoisotopic (exact) mass is 270 g/mol. The maximum Gasteiger partial charge on any atom is 0.255 e. The normalized spacial score (nSPS) is 10.7. The molecule has 0 bridgehead atoms. The number of amides is 1. The number of nitrogens with one attached hydrogen (secondary N) is 1. The molecule has 0 saturated carbocycles. The van der Waals surface area contributed by atoms with Crippen LogP contribution >= 0.6 is 0 Å². The molecule has 0 unspecified atom stereocenters. The van der Waals surface area contributed by atoms with Crippen molar-refractivity contribution in [1.82, 2.24) is 4.98 Å². The molecule has 0 aliphatic rings. The fraction of sp³-hybridized carbons (Fsp3) is 0.0667. The third kappa shape index (κ3) is 2.38. The molecule has 4 nitrogen and oxygen atoms in total. The van der Waals surface area contributed by atoms with Crippen LogP contribution in [0.2, 0.25) is 0 Å². The molecule has 0 spiro atoms. The lowest BCUT2D eigenvalue weighted by Crippen LogP contribution is -2.11. The molecule has 1 N–H and O–H groups in total. The minimum atomic E-state index is -0.375. The van der Waals surface area contributed by atoms with Crippen LogP contribution in [0.1, 0.15) is 16.2 Å². The van der Waals surface area contributed by atoms with Crippen LogP contribution in [0.15, 0.2) is 46.9 Å². The number of halogens is 1. The second-order valence-electron chi connectivity index (χ2n) is 4.38. The maximum absolute atomic E-state index is 12.8. The highest BCUT2D eigenvalue weighted by atomic mass is 19.1. The van der Waals surface area contributed by atoms with Crippen molar-refractivity contribution in [3.63, 3.8) is 0 Å². The summed E-state index contributed by atoms with van der Waals surface area (Å²) in [5, 5.41) is 2.73. The number of aromatic nitrogens is 1. The molecule has 1 aromatic heterocycles. The Morgan fingerprint density at radius 1 is 1.20 bits per heavy atom. The minimum absolute atomic E-state index is 0.305. The van der Waals surface area contributed by atoms with Crippen LogP contribution in [0.3, 0.4) is 0 Å². The van der Waals surface area contributed by atoms with Crippen molar-refractivity contribution in [3.05, 3.63) is 59.7 Å². The number of oxazole rings is 1. The second-order valence-corrected chi connectivity index (χ2v) is 4.38. The number of nitrogens with zero attached hydrogens (tertiary/aromatic N) is 1. The average molecular weight is 270 g/mol. The molecular formula is C15H11FN2O2. The Bertz CT molecular complexity index is 778. The zero-order valence-corrected chi connectivity index (χ0v) is 10.7. The molecule has 2 aromatic carbocycles. The molecule has 0 fully saturated rings. The van der Waals surface area contributed by atoms with E-state index in [1.54, 1.807) is 25.1 Å². The SMILES string of the molecule is Cc1nc2ccc(NC(=O)c3ccc(F)cc3)cc2o1. The summed E-state index contributed by atoms with van der Waals surface area (Å²) >= 11 is 0. The van der Waals surface area contributed by atoms with E-state index in [9.17, 15) is 9.18 Å². The van der Waals surface area contributed by atoms with Crippen molar-refractivity contribution in [2.45, 2.75) is 6.92 Å². The summed E-state index contributed by atoms with van der Waals surface area (Å²) in [5.41, 5.74) is 2.34. The zero-order valence-electron chi connectivity index (χ0n) is 10.7. The summed E-state index contributed by atoms with van der Waals surface area (Å²) in [6.45, 7) is 1.76. The van der Waals surface area contributed by atoms with Gasteiger partial charge in [0.25, 0.3) is 5.91 Å². The van der Waals surface area contributed by atoms with Gasteiger partial charge < -0.3 is 9.73 Å². The van der Waals surface area contributed by atoms with Gasteiger partial charge in [0.2, 0.25) is 0 Å². The van der Waals surface area contributed by atoms with Gasteiger partial charge in [-0.25, -0.2) is 9.37 Å². The van der Waals surface area contributed by atoms with Crippen LogP contribution < -0.4 is 5.32 Å². The number of carbonyl (C=O) groups excluding carboxylic acids is 1. The van der Waals surface area contributed by atoms with E-state index in [2.05, 4.69) is 10.3 Å². The molecule has 0 saturated heterocycles. The van der Waals surface area contributed by atoms with E-state index in [0.717, 1.165) is 5.52 Å². The number of anilines is 1. The number of fused-ring (bicyclic) bond motifs is 1. The summed E-state index contributed by atoms with van der Waals surface area (Å²) in [6, 6.07) is 10.6. The standard InChI is InChI=1S/C15H11FN2O2/c1-9-17-13-7-6-12(8-14(13)20-9)18-15(19)10-2-4-11(16)5-3-10/h2-8H,1H3,(H,18,19). The third-order valence-electron chi connectivity index (χ3n) is 2.86. The van der Waals surface area contributed by atoms with Crippen LogP contribution in [-0.4, -0.2) is 10.9 Å². The first-order valence-electron chi connectivity index (χ1n) is 6.06. The summed E-state index contributed by atoms with van der Waals surface area (Å²) in [7, 11) is 0. The van der Waals surface area contributed by atoms with E-state index >= 15 is 0 Å². The van der Waals surface area contributed by atoms with Crippen LogP contribution in [0, 0.1) is 12.7 Å². The predicted molar refractivity (Wildman–Crippen MR) is 73.1 cm³/mol. The van der Waals surface area contributed by atoms with Crippen molar-refractivity contribution in [3.8, 4) is 0 Å². The Kier molecular flexibility index (Phi) is 2.95. The smallest absolute Gasteiger partial charge is 0.255 e. The Labute approximate surface area is 114 Å². The first-order valence-corrected chi connectivity index (χ1v) is 6.06. The lowest BCUT2D eigenvalue weighted by atomic mass is 10.2. The van der Waals surface area contributed by atoms with Gasteiger partial charge in [0.15, 0.2) is 11.5 Å². The molecule has 1 heterocycles. The summed E-state index contributed by atoms with van der Waals surface area (Å²) < 4.78 is 18.2. The van der Waals surface area contributed by atoms with Crippen molar-refractivity contribution in [1.29, 1.82) is 0 Å². The second kappa shape index (κ2) is 4.77.